The highest BCUT2D eigenvalue weighted by Crippen LogP contribution is 2.38. The van der Waals surface area contributed by atoms with Crippen LogP contribution in [0.1, 0.15) is 27.2 Å². The van der Waals surface area contributed by atoms with Gasteiger partial charge in [0.2, 0.25) is 0 Å². The first-order valence-electron chi connectivity index (χ1n) is 10.1. The molecule has 2 N–H and O–H groups in total. The van der Waals surface area contributed by atoms with Gasteiger partial charge in [0.05, 0.1) is 37.2 Å². The maximum Gasteiger partial charge on any atom is 0.337 e. The monoisotopic (exact) mass is 452 g/mol. The Bertz CT molecular complexity index is 853. The minimum absolute atomic E-state index is 0.0624. The topological polar surface area (TPSA) is 146 Å². The van der Waals surface area contributed by atoms with Crippen LogP contribution < -0.4 is 0 Å². The first-order chi connectivity index (χ1) is 15.0. The third kappa shape index (κ3) is 5.63. The van der Waals surface area contributed by atoms with Crippen LogP contribution in [0.2, 0.25) is 0 Å². The zero-order valence-corrected chi connectivity index (χ0v) is 18.4. The summed E-state index contributed by atoms with van der Waals surface area (Å²) in [6.07, 6.45) is -2.84. The summed E-state index contributed by atoms with van der Waals surface area (Å²) >= 11 is 0. The maximum atomic E-state index is 12.6. The van der Waals surface area contributed by atoms with E-state index < -0.39 is 66.7 Å². The van der Waals surface area contributed by atoms with Crippen LogP contribution in [0, 0.1) is 11.8 Å². The fraction of sp³-hybridized carbons (Fsp3) is 0.545. The lowest BCUT2D eigenvalue weighted by Crippen LogP contribution is -2.47. The predicted molar refractivity (Wildman–Crippen MR) is 109 cm³/mol. The molecule has 32 heavy (non-hydrogen) atoms. The van der Waals surface area contributed by atoms with Gasteiger partial charge < -0.3 is 29.2 Å². The van der Waals surface area contributed by atoms with Crippen molar-refractivity contribution in [2.45, 2.75) is 51.6 Å². The Morgan fingerprint density at radius 1 is 1.25 bits per heavy atom. The molecule has 0 saturated carbocycles. The van der Waals surface area contributed by atoms with Gasteiger partial charge in [-0.3, -0.25) is 9.59 Å². The number of hydrogen-bond donors (Lipinski definition) is 2. The van der Waals surface area contributed by atoms with Crippen molar-refractivity contribution < 1.29 is 48.3 Å². The first kappa shape index (κ1) is 25.3. The van der Waals surface area contributed by atoms with Gasteiger partial charge in [-0.15, -0.1) is 0 Å². The molecule has 0 aromatic rings. The molecule has 0 amide bonds. The highest BCUT2D eigenvalue weighted by Gasteiger charge is 2.51. The van der Waals surface area contributed by atoms with Crippen LogP contribution in [0.5, 0.6) is 0 Å². The lowest BCUT2D eigenvalue weighted by atomic mass is 9.83. The summed E-state index contributed by atoms with van der Waals surface area (Å²) in [5.74, 6) is -4.84. The molecule has 1 fully saturated rings. The molecule has 2 aliphatic rings. The zero-order chi connectivity index (χ0) is 24.2. The second kappa shape index (κ2) is 10.6. The number of aliphatic hydroxyl groups is 2. The van der Waals surface area contributed by atoms with Crippen molar-refractivity contribution in [3.63, 3.8) is 0 Å². The van der Waals surface area contributed by atoms with E-state index in [9.17, 15) is 29.4 Å². The Balaban J connectivity index is 2.77. The van der Waals surface area contributed by atoms with E-state index >= 15 is 0 Å². The molecule has 10 heteroatoms. The van der Waals surface area contributed by atoms with E-state index in [1.165, 1.54) is 6.08 Å². The van der Waals surface area contributed by atoms with Crippen LogP contribution >= 0.6 is 0 Å². The number of hydrogen-bond acceptors (Lipinski definition) is 10. The lowest BCUT2D eigenvalue weighted by Gasteiger charge is -2.34. The number of carbonyl (C=O) groups excluding carboxylic acids is 4. The second-order valence-electron chi connectivity index (χ2n) is 7.88. The molecule has 176 valence electrons. The van der Waals surface area contributed by atoms with Crippen molar-refractivity contribution in [1.29, 1.82) is 0 Å². The molecule has 0 aromatic heterocycles. The largest absolute Gasteiger partial charge is 0.466 e. The molecule has 1 saturated heterocycles. The molecule has 1 aliphatic heterocycles. The normalized spacial score (nSPS) is 31.4. The minimum Gasteiger partial charge on any atom is -0.466 e. The highest BCUT2D eigenvalue weighted by molar-refractivity contribution is 5.93. The Morgan fingerprint density at radius 2 is 1.91 bits per heavy atom. The summed E-state index contributed by atoms with van der Waals surface area (Å²) in [7, 11) is 1.09. The molecular weight excluding hydrogens is 424 g/mol. The first-order valence-corrected chi connectivity index (χ1v) is 10.1. The van der Waals surface area contributed by atoms with Crippen molar-refractivity contribution in [1.82, 2.24) is 0 Å². The SMILES string of the molecule is C=C1C(=O)O[C@@H]2/C=C(/CO)C[C@H](O)/C=C(/C(=O)OC)[C@@H](OC(C)=O)[C@@H](OC(=O)C(C)C)[C@@H]12. The van der Waals surface area contributed by atoms with E-state index in [0.717, 1.165) is 20.1 Å². The van der Waals surface area contributed by atoms with Crippen molar-refractivity contribution >= 4 is 23.9 Å². The molecule has 0 bridgehead atoms. The van der Waals surface area contributed by atoms with Crippen LogP contribution in [-0.4, -0.2) is 72.2 Å². The molecule has 2 rings (SSSR count). The summed E-state index contributed by atoms with van der Waals surface area (Å²) in [6.45, 7) is 7.53. The van der Waals surface area contributed by atoms with Crippen LogP contribution in [0.25, 0.3) is 0 Å². The van der Waals surface area contributed by atoms with E-state index in [1.807, 2.05) is 0 Å². The molecule has 10 nitrogen and oxygen atoms in total. The predicted octanol–water partition coefficient (Wildman–Crippen LogP) is 0.366. The van der Waals surface area contributed by atoms with Crippen molar-refractivity contribution in [2.24, 2.45) is 11.8 Å². The summed E-state index contributed by atoms with van der Waals surface area (Å²) in [4.78, 5) is 49.4. The van der Waals surface area contributed by atoms with E-state index in [0.29, 0.717) is 5.57 Å². The Labute approximate surface area is 185 Å². The molecule has 0 radical (unpaired) electrons. The third-order valence-electron chi connectivity index (χ3n) is 5.10. The van der Waals surface area contributed by atoms with Crippen LogP contribution in [0.4, 0.5) is 0 Å². The van der Waals surface area contributed by atoms with E-state index in [2.05, 4.69) is 6.58 Å². The summed E-state index contributed by atoms with van der Waals surface area (Å²) in [5.41, 5.74) is -0.0373. The van der Waals surface area contributed by atoms with Crippen molar-refractivity contribution in [3.05, 3.63) is 35.5 Å². The summed E-state index contributed by atoms with van der Waals surface area (Å²) < 4.78 is 21.1. The highest BCUT2D eigenvalue weighted by atomic mass is 16.6. The number of methoxy groups -OCH3 is 1. The Kier molecular flexibility index (Phi) is 8.34. The van der Waals surface area contributed by atoms with Crippen molar-refractivity contribution in [3.8, 4) is 0 Å². The third-order valence-corrected chi connectivity index (χ3v) is 5.10. The molecule has 1 aliphatic carbocycles. The molecule has 5 atom stereocenters. The van der Waals surface area contributed by atoms with Gasteiger partial charge in [-0.2, -0.15) is 0 Å². The Morgan fingerprint density at radius 3 is 2.44 bits per heavy atom. The van der Waals surface area contributed by atoms with Gasteiger partial charge in [-0.1, -0.05) is 20.4 Å². The fourth-order valence-corrected chi connectivity index (χ4v) is 3.56. The van der Waals surface area contributed by atoms with Gasteiger partial charge in [0.25, 0.3) is 0 Å². The summed E-state index contributed by atoms with van der Waals surface area (Å²) in [6, 6.07) is 0. The molecule has 0 unspecified atom stereocenters. The molecule has 1 heterocycles. The maximum absolute atomic E-state index is 12.6. The van der Waals surface area contributed by atoms with Gasteiger partial charge >= 0.3 is 23.9 Å². The fourth-order valence-electron chi connectivity index (χ4n) is 3.56. The van der Waals surface area contributed by atoms with Gasteiger partial charge in [0.15, 0.2) is 12.2 Å². The molecule has 0 aromatic carbocycles. The number of fused-ring (bicyclic) bond motifs is 1. The number of ether oxygens (including phenoxy) is 4. The standard InChI is InChI=1S/C22H28O10/c1-10(2)20(26)32-19-17-11(3)21(27)31-16(17)7-13(9-23)6-14(25)8-15(22(28)29-5)18(19)30-12(4)24/h7-8,10,14,16-19,23,25H,3,6,9H2,1-2,4-5H3/b13-7+,15-8+/t14-,16+,17-,18+,19-/m0/s1. The van der Waals surface area contributed by atoms with Gasteiger partial charge in [0, 0.05) is 18.9 Å². The average Bonchev–Trinajstić information content (AvgIpc) is 3.00. The van der Waals surface area contributed by atoms with Crippen LogP contribution in [0.3, 0.4) is 0 Å². The van der Waals surface area contributed by atoms with Crippen LogP contribution in [-0.2, 0) is 38.1 Å². The van der Waals surface area contributed by atoms with Gasteiger partial charge in [0.1, 0.15) is 6.10 Å². The van der Waals surface area contributed by atoms with Gasteiger partial charge in [-0.05, 0) is 17.7 Å². The summed E-state index contributed by atoms with van der Waals surface area (Å²) in [5, 5.41) is 20.2. The number of aliphatic hydroxyl groups excluding tert-OH is 2. The smallest absolute Gasteiger partial charge is 0.337 e. The van der Waals surface area contributed by atoms with E-state index in [-0.39, 0.29) is 17.6 Å². The molecule has 0 spiro atoms. The lowest BCUT2D eigenvalue weighted by molar-refractivity contribution is -0.172. The second-order valence-corrected chi connectivity index (χ2v) is 7.88. The Hall–Kier alpha value is -2.98. The molecular formula is C22H28O10. The number of rotatable bonds is 5. The van der Waals surface area contributed by atoms with E-state index in [1.54, 1.807) is 13.8 Å². The zero-order valence-electron chi connectivity index (χ0n) is 18.4. The van der Waals surface area contributed by atoms with Crippen LogP contribution in [0.15, 0.2) is 35.5 Å². The average molecular weight is 452 g/mol. The number of esters is 4. The van der Waals surface area contributed by atoms with Crippen molar-refractivity contribution in [2.75, 3.05) is 13.7 Å². The minimum atomic E-state index is -1.53. The quantitative estimate of drug-likeness (QED) is 0.260. The van der Waals surface area contributed by atoms with Gasteiger partial charge in [-0.25, -0.2) is 9.59 Å². The number of carbonyl (C=O) groups is 4. The van der Waals surface area contributed by atoms with E-state index in [4.69, 9.17) is 18.9 Å².